The van der Waals surface area contributed by atoms with Crippen molar-refractivity contribution in [1.82, 2.24) is 8.87 Å². The predicted octanol–water partition coefficient (Wildman–Crippen LogP) is 3.18. The third kappa shape index (κ3) is 3.72. The molecular weight excluding hydrogens is 316 g/mol. The summed E-state index contributed by atoms with van der Waals surface area (Å²) in [5.41, 5.74) is 0.825. The van der Waals surface area contributed by atoms with E-state index in [9.17, 15) is 8.42 Å². The summed E-state index contributed by atoms with van der Waals surface area (Å²) in [5, 5.41) is 0. The van der Waals surface area contributed by atoms with E-state index in [1.807, 2.05) is 31.6 Å². The Balaban J connectivity index is 3.16. The van der Waals surface area contributed by atoms with Crippen LogP contribution in [0, 0.1) is 0 Å². The molecule has 4 nitrogen and oxygen atoms in total. The highest BCUT2D eigenvalue weighted by Gasteiger charge is 2.27. The van der Waals surface area contributed by atoms with Gasteiger partial charge in [0.05, 0.1) is 5.88 Å². The molecule has 116 valence electrons. The van der Waals surface area contributed by atoms with Crippen LogP contribution in [0.4, 0.5) is 0 Å². The van der Waals surface area contributed by atoms with Crippen LogP contribution in [0.25, 0.3) is 0 Å². The number of sulfonamides is 1. The standard InChI is InChI=1S/C13H23ClN2O2S2/c1-10(2)16-8-13(6-12(16)7-14)20(17,18)15(4)11(3)9-19-5/h6,8,10-11H,7,9H2,1-5H3. The molecule has 0 aromatic carbocycles. The van der Waals surface area contributed by atoms with Crippen LogP contribution in [0.1, 0.15) is 32.5 Å². The maximum Gasteiger partial charge on any atom is 0.244 e. The maximum atomic E-state index is 12.6. The number of aromatic nitrogens is 1. The third-order valence-corrected chi connectivity index (χ3v) is 6.33. The molecule has 1 rings (SSSR count). The van der Waals surface area contributed by atoms with Gasteiger partial charge in [-0.2, -0.15) is 16.1 Å². The van der Waals surface area contributed by atoms with Crippen molar-refractivity contribution in [2.45, 2.75) is 43.6 Å². The maximum absolute atomic E-state index is 12.6. The van der Waals surface area contributed by atoms with E-state index in [1.165, 1.54) is 4.31 Å². The molecule has 0 radical (unpaired) electrons. The van der Waals surface area contributed by atoms with Gasteiger partial charge in [0.1, 0.15) is 4.90 Å². The quantitative estimate of drug-likeness (QED) is 0.717. The van der Waals surface area contributed by atoms with Crippen molar-refractivity contribution >= 4 is 33.4 Å². The molecular formula is C13H23ClN2O2S2. The smallest absolute Gasteiger partial charge is 0.244 e. The predicted molar refractivity (Wildman–Crippen MR) is 87.2 cm³/mol. The second-order valence-corrected chi connectivity index (χ2v) is 8.30. The molecule has 0 saturated heterocycles. The monoisotopic (exact) mass is 338 g/mol. The second-order valence-electron chi connectivity index (χ2n) is 5.13. The highest BCUT2D eigenvalue weighted by molar-refractivity contribution is 7.98. The molecule has 0 amide bonds. The first-order chi connectivity index (χ1) is 9.25. The molecule has 0 bridgehead atoms. The van der Waals surface area contributed by atoms with E-state index in [2.05, 4.69) is 0 Å². The summed E-state index contributed by atoms with van der Waals surface area (Å²) in [6.07, 6.45) is 3.65. The van der Waals surface area contributed by atoms with Crippen molar-refractivity contribution in [1.29, 1.82) is 0 Å². The van der Waals surface area contributed by atoms with Gasteiger partial charge in [-0.3, -0.25) is 0 Å². The van der Waals surface area contributed by atoms with Crippen LogP contribution < -0.4 is 0 Å². The molecule has 0 aliphatic rings. The number of nitrogens with zero attached hydrogens (tertiary/aromatic N) is 2. The van der Waals surface area contributed by atoms with Gasteiger partial charge in [0.25, 0.3) is 0 Å². The lowest BCUT2D eigenvalue weighted by Gasteiger charge is -2.23. The van der Waals surface area contributed by atoms with Gasteiger partial charge in [0.2, 0.25) is 10.0 Å². The number of halogens is 1. The average Bonchev–Trinajstić information content (AvgIpc) is 2.82. The Kier molecular flexibility index (Phi) is 6.44. The lowest BCUT2D eigenvalue weighted by molar-refractivity contribution is 0.415. The van der Waals surface area contributed by atoms with Crippen LogP contribution in [0.5, 0.6) is 0 Å². The van der Waals surface area contributed by atoms with Crippen LogP contribution in [0.15, 0.2) is 17.2 Å². The number of hydrogen-bond donors (Lipinski definition) is 0. The van der Waals surface area contributed by atoms with E-state index in [1.54, 1.807) is 31.1 Å². The first-order valence-electron chi connectivity index (χ1n) is 6.49. The van der Waals surface area contributed by atoms with E-state index in [4.69, 9.17) is 11.6 Å². The Bertz CT molecular complexity index is 541. The van der Waals surface area contributed by atoms with Crippen molar-refractivity contribution < 1.29 is 8.42 Å². The van der Waals surface area contributed by atoms with Gasteiger partial charge in [0.15, 0.2) is 0 Å². The minimum Gasteiger partial charge on any atom is -0.346 e. The van der Waals surface area contributed by atoms with Crippen molar-refractivity contribution in [2.75, 3.05) is 19.1 Å². The van der Waals surface area contributed by atoms with Gasteiger partial charge in [-0.15, -0.1) is 11.6 Å². The summed E-state index contributed by atoms with van der Waals surface area (Å²) in [4.78, 5) is 0.317. The molecule has 1 unspecified atom stereocenters. The lowest BCUT2D eigenvalue weighted by atomic mass is 10.4. The number of alkyl halides is 1. The summed E-state index contributed by atoms with van der Waals surface area (Å²) in [6.45, 7) is 5.93. The lowest BCUT2D eigenvalue weighted by Crippen LogP contribution is -2.36. The van der Waals surface area contributed by atoms with Crippen LogP contribution in [0.3, 0.4) is 0 Å². The van der Waals surface area contributed by atoms with Gasteiger partial charge >= 0.3 is 0 Å². The zero-order chi connectivity index (χ0) is 15.5. The van der Waals surface area contributed by atoms with Gasteiger partial charge in [-0.05, 0) is 33.1 Å². The molecule has 20 heavy (non-hydrogen) atoms. The minimum absolute atomic E-state index is 0.0446. The van der Waals surface area contributed by atoms with Crippen molar-refractivity contribution in [3.8, 4) is 0 Å². The van der Waals surface area contributed by atoms with Gasteiger partial charge in [-0.25, -0.2) is 8.42 Å². The molecule has 1 atom stereocenters. The molecule has 0 saturated carbocycles. The third-order valence-electron chi connectivity index (χ3n) is 3.31. The zero-order valence-electron chi connectivity index (χ0n) is 12.6. The fraction of sp³-hybridized carbons (Fsp3) is 0.692. The summed E-state index contributed by atoms with van der Waals surface area (Å²) in [5.74, 6) is 1.07. The molecule has 1 aromatic rings. The molecule has 0 fully saturated rings. The Morgan fingerprint density at radius 3 is 2.40 bits per heavy atom. The summed E-state index contributed by atoms with van der Waals surface area (Å²) >= 11 is 7.53. The van der Waals surface area contributed by atoms with Crippen LogP contribution in [0.2, 0.25) is 0 Å². The Morgan fingerprint density at radius 2 is 2.00 bits per heavy atom. The second kappa shape index (κ2) is 7.20. The number of hydrogen-bond acceptors (Lipinski definition) is 3. The first-order valence-corrected chi connectivity index (χ1v) is 9.86. The SMILES string of the molecule is CSCC(C)N(C)S(=O)(=O)c1cc(CCl)n(C(C)C)c1. The fourth-order valence-corrected chi connectivity index (χ4v) is 4.40. The van der Waals surface area contributed by atoms with E-state index < -0.39 is 10.0 Å². The van der Waals surface area contributed by atoms with Crippen LogP contribution >= 0.6 is 23.4 Å². The highest BCUT2D eigenvalue weighted by atomic mass is 35.5. The fourth-order valence-electron chi connectivity index (χ4n) is 1.97. The van der Waals surface area contributed by atoms with Crippen molar-refractivity contribution in [3.05, 3.63) is 18.0 Å². The van der Waals surface area contributed by atoms with Gasteiger partial charge in [-0.1, -0.05) is 0 Å². The first kappa shape index (κ1) is 17.9. The minimum atomic E-state index is -3.47. The molecule has 0 N–H and O–H groups in total. The molecule has 1 heterocycles. The molecule has 7 heteroatoms. The Morgan fingerprint density at radius 1 is 1.40 bits per heavy atom. The van der Waals surface area contributed by atoms with Gasteiger partial charge < -0.3 is 4.57 Å². The van der Waals surface area contributed by atoms with Gasteiger partial charge in [0, 0.05) is 36.8 Å². The van der Waals surface area contributed by atoms with Crippen LogP contribution in [-0.2, 0) is 15.9 Å². The average molecular weight is 339 g/mol. The van der Waals surface area contributed by atoms with E-state index in [-0.39, 0.29) is 12.1 Å². The van der Waals surface area contributed by atoms with Crippen molar-refractivity contribution in [3.63, 3.8) is 0 Å². The zero-order valence-corrected chi connectivity index (χ0v) is 15.0. The Labute approximate surface area is 131 Å². The molecule has 0 aliphatic carbocycles. The summed E-state index contributed by atoms with van der Waals surface area (Å²) < 4.78 is 28.6. The van der Waals surface area contributed by atoms with E-state index >= 15 is 0 Å². The molecule has 1 aromatic heterocycles. The van der Waals surface area contributed by atoms with E-state index in [0.29, 0.717) is 10.8 Å². The molecule has 0 aliphatic heterocycles. The Hall–Kier alpha value is -0.170. The van der Waals surface area contributed by atoms with Crippen LogP contribution in [-0.4, -0.2) is 42.4 Å². The van der Waals surface area contributed by atoms with E-state index in [0.717, 1.165) is 11.4 Å². The highest BCUT2D eigenvalue weighted by Crippen LogP contribution is 2.24. The topological polar surface area (TPSA) is 42.3 Å². The van der Waals surface area contributed by atoms with Crippen molar-refractivity contribution in [2.24, 2.45) is 0 Å². The number of rotatable bonds is 7. The normalized spacial score (nSPS) is 14.2. The molecule has 0 spiro atoms. The largest absolute Gasteiger partial charge is 0.346 e. The number of thioether (sulfide) groups is 1. The summed E-state index contributed by atoms with van der Waals surface area (Å²) in [7, 11) is -1.84. The summed E-state index contributed by atoms with van der Waals surface area (Å²) in [6, 6.07) is 1.81.